The Hall–Kier alpha value is -0.820. The molecule has 0 aliphatic rings. The number of carbonyl (C=O) groups is 1. The Balaban J connectivity index is 1.75. The van der Waals surface area contributed by atoms with Crippen LogP contribution in [-0.4, -0.2) is 11.2 Å². The van der Waals surface area contributed by atoms with Crippen LogP contribution < -0.4 is 0 Å². The number of ketones is 1. The second-order valence-electron chi connectivity index (χ2n) is 7.31. The van der Waals surface area contributed by atoms with Crippen LogP contribution in [0.3, 0.4) is 0 Å². The van der Waals surface area contributed by atoms with Crippen molar-refractivity contribution in [2.75, 3.05) is 0 Å². The molecule has 0 heterocycles. The summed E-state index contributed by atoms with van der Waals surface area (Å²) in [5.74, 6) is 0.199. The molecule has 0 spiro atoms. The average molecular weight is 365 g/mol. The first-order chi connectivity index (χ1) is 12.2. The zero-order chi connectivity index (χ0) is 18.2. The molecular weight excluding hydrogens is 328 g/mol. The Kier molecular flexibility index (Phi) is 13.7. The number of rotatable bonds is 16. The van der Waals surface area contributed by atoms with E-state index < -0.39 is 0 Å². The van der Waals surface area contributed by atoms with E-state index in [0.29, 0.717) is 6.42 Å². The maximum absolute atomic E-state index is 11.4. The van der Waals surface area contributed by atoms with Crippen molar-refractivity contribution >= 4 is 17.4 Å². The van der Waals surface area contributed by atoms with E-state index in [9.17, 15) is 4.79 Å². The second kappa shape index (κ2) is 15.4. The van der Waals surface area contributed by atoms with Crippen molar-refractivity contribution in [3.63, 3.8) is 0 Å². The van der Waals surface area contributed by atoms with Crippen LogP contribution in [0.2, 0.25) is 0 Å². The highest BCUT2D eigenvalue weighted by Crippen LogP contribution is 2.14. The summed E-state index contributed by atoms with van der Waals surface area (Å²) in [4.78, 5) is 11.4. The number of Topliss-reactive ketones (excluding diaryl/α,β-unsaturated/α-hetero) is 1. The fourth-order valence-corrected chi connectivity index (χ4v) is 3.35. The number of unbranched alkanes of at least 4 members (excludes halogenated alkanes) is 11. The Morgan fingerprint density at radius 1 is 0.760 bits per heavy atom. The number of carbonyl (C=O) groups excluding carboxylic acids is 1. The van der Waals surface area contributed by atoms with E-state index in [1.807, 2.05) is 0 Å². The van der Waals surface area contributed by atoms with Crippen molar-refractivity contribution in [1.29, 1.82) is 0 Å². The standard InChI is InChI=1S/C23H37ClO/c1-21(24)23(25)20-16-11-9-7-5-3-2-4-6-8-10-13-17-22-18-14-12-15-19-22/h12,14-15,18-19,21H,2-11,13,16-17,20H2,1H3. The lowest BCUT2D eigenvalue weighted by atomic mass is 10.0. The third-order valence-electron chi connectivity index (χ3n) is 4.93. The lowest BCUT2D eigenvalue weighted by molar-refractivity contribution is -0.118. The van der Waals surface area contributed by atoms with E-state index in [1.165, 1.54) is 82.6 Å². The molecular formula is C23H37ClO. The average Bonchev–Trinajstić information content (AvgIpc) is 2.62. The Labute approximate surface area is 160 Å². The summed E-state index contributed by atoms with van der Waals surface area (Å²) in [7, 11) is 0. The monoisotopic (exact) mass is 364 g/mol. The third kappa shape index (κ3) is 13.1. The zero-order valence-electron chi connectivity index (χ0n) is 16.1. The summed E-state index contributed by atoms with van der Waals surface area (Å²) in [6.07, 6.45) is 17.7. The van der Waals surface area contributed by atoms with Gasteiger partial charge in [-0.25, -0.2) is 0 Å². The first-order valence-corrected chi connectivity index (χ1v) is 10.8. The van der Waals surface area contributed by atoms with Crippen molar-refractivity contribution in [3.8, 4) is 0 Å². The van der Waals surface area contributed by atoms with Gasteiger partial charge in [-0.1, -0.05) is 94.5 Å². The van der Waals surface area contributed by atoms with E-state index in [4.69, 9.17) is 11.6 Å². The Morgan fingerprint density at radius 3 is 1.68 bits per heavy atom. The first-order valence-electron chi connectivity index (χ1n) is 10.4. The minimum Gasteiger partial charge on any atom is -0.298 e. The predicted molar refractivity (Wildman–Crippen MR) is 110 cm³/mol. The van der Waals surface area contributed by atoms with Gasteiger partial charge in [0.2, 0.25) is 0 Å². The fraction of sp³-hybridized carbons (Fsp3) is 0.696. The predicted octanol–water partition coefficient (Wildman–Crippen LogP) is 7.50. The van der Waals surface area contributed by atoms with Crippen LogP contribution in [0, 0.1) is 0 Å². The first kappa shape index (κ1) is 22.2. The minimum atomic E-state index is -0.307. The number of hydrogen-bond acceptors (Lipinski definition) is 1. The van der Waals surface area contributed by atoms with Crippen LogP contribution in [-0.2, 0) is 11.2 Å². The van der Waals surface area contributed by atoms with Gasteiger partial charge >= 0.3 is 0 Å². The number of aryl methyl sites for hydroxylation is 1. The normalized spacial score (nSPS) is 12.2. The second-order valence-corrected chi connectivity index (χ2v) is 7.97. The molecule has 0 bridgehead atoms. The molecule has 0 aromatic heterocycles. The molecule has 0 saturated carbocycles. The molecule has 0 fully saturated rings. The van der Waals surface area contributed by atoms with E-state index in [-0.39, 0.29) is 11.2 Å². The van der Waals surface area contributed by atoms with Gasteiger partial charge in [-0.2, -0.15) is 0 Å². The molecule has 0 radical (unpaired) electrons. The van der Waals surface area contributed by atoms with Gasteiger partial charge in [-0.3, -0.25) is 4.79 Å². The van der Waals surface area contributed by atoms with Gasteiger partial charge in [-0.05, 0) is 31.7 Å². The molecule has 1 aromatic carbocycles. The van der Waals surface area contributed by atoms with Gasteiger partial charge < -0.3 is 0 Å². The van der Waals surface area contributed by atoms with Crippen molar-refractivity contribution in [2.24, 2.45) is 0 Å². The molecule has 1 atom stereocenters. The van der Waals surface area contributed by atoms with Gasteiger partial charge in [0.25, 0.3) is 0 Å². The SMILES string of the molecule is CC(Cl)C(=O)CCCCCCCCCCCCCCc1ccccc1. The van der Waals surface area contributed by atoms with Crippen LogP contribution in [0.15, 0.2) is 30.3 Å². The quantitative estimate of drug-likeness (QED) is 0.219. The lowest BCUT2D eigenvalue weighted by Gasteiger charge is -2.04. The van der Waals surface area contributed by atoms with Crippen LogP contribution in [0.1, 0.15) is 96.0 Å². The summed E-state index contributed by atoms with van der Waals surface area (Å²) >= 11 is 5.76. The van der Waals surface area contributed by atoms with Crippen molar-refractivity contribution in [1.82, 2.24) is 0 Å². The number of benzene rings is 1. The summed E-state index contributed by atoms with van der Waals surface area (Å²) < 4.78 is 0. The number of hydrogen-bond donors (Lipinski definition) is 0. The molecule has 0 aliphatic heterocycles. The molecule has 25 heavy (non-hydrogen) atoms. The molecule has 1 nitrogen and oxygen atoms in total. The summed E-state index contributed by atoms with van der Waals surface area (Å²) in [6.45, 7) is 1.77. The molecule has 1 unspecified atom stereocenters. The van der Waals surface area contributed by atoms with Gasteiger partial charge in [-0.15, -0.1) is 11.6 Å². The molecule has 0 aliphatic carbocycles. The van der Waals surface area contributed by atoms with Gasteiger partial charge in [0.15, 0.2) is 0 Å². The van der Waals surface area contributed by atoms with Gasteiger partial charge in [0, 0.05) is 6.42 Å². The van der Waals surface area contributed by atoms with Gasteiger partial charge in [0.05, 0.1) is 5.38 Å². The highest BCUT2D eigenvalue weighted by atomic mass is 35.5. The minimum absolute atomic E-state index is 0.199. The van der Waals surface area contributed by atoms with Crippen molar-refractivity contribution in [3.05, 3.63) is 35.9 Å². The maximum atomic E-state index is 11.4. The van der Waals surface area contributed by atoms with Crippen molar-refractivity contribution in [2.45, 2.75) is 102 Å². The van der Waals surface area contributed by atoms with Crippen LogP contribution in [0.4, 0.5) is 0 Å². The van der Waals surface area contributed by atoms with Gasteiger partial charge in [0.1, 0.15) is 5.78 Å². The summed E-state index contributed by atoms with van der Waals surface area (Å²) in [5.41, 5.74) is 1.48. The van der Waals surface area contributed by atoms with E-state index >= 15 is 0 Å². The molecule has 0 amide bonds. The molecule has 142 valence electrons. The molecule has 2 heteroatoms. The molecule has 0 N–H and O–H groups in total. The molecule has 1 rings (SSSR count). The third-order valence-corrected chi connectivity index (χ3v) is 5.17. The highest BCUT2D eigenvalue weighted by Gasteiger charge is 2.07. The highest BCUT2D eigenvalue weighted by molar-refractivity contribution is 6.30. The smallest absolute Gasteiger partial charge is 0.150 e. The summed E-state index contributed by atoms with van der Waals surface area (Å²) in [5, 5.41) is -0.307. The summed E-state index contributed by atoms with van der Waals surface area (Å²) in [6, 6.07) is 10.8. The maximum Gasteiger partial charge on any atom is 0.150 e. The Bertz CT molecular complexity index is 427. The lowest BCUT2D eigenvalue weighted by Crippen LogP contribution is -2.09. The van der Waals surface area contributed by atoms with Crippen LogP contribution in [0.5, 0.6) is 0 Å². The van der Waals surface area contributed by atoms with Crippen molar-refractivity contribution < 1.29 is 4.79 Å². The zero-order valence-corrected chi connectivity index (χ0v) is 16.9. The topological polar surface area (TPSA) is 17.1 Å². The van der Waals surface area contributed by atoms with E-state index in [0.717, 1.165) is 6.42 Å². The Morgan fingerprint density at radius 2 is 1.20 bits per heavy atom. The molecule has 0 saturated heterocycles. The van der Waals surface area contributed by atoms with E-state index in [2.05, 4.69) is 30.3 Å². The van der Waals surface area contributed by atoms with Crippen LogP contribution in [0.25, 0.3) is 0 Å². The molecule has 1 aromatic rings. The fourth-order valence-electron chi connectivity index (χ4n) is 3.24. The number of halogens is 1. The van der Waals surface area contributed by atoms with E-state index in [1.54, 1.807) is 6.92 Å². The largest absolute Gasteiger partial charge is 0.298 e. The number of alkyl halides is 1. The van der Waals surface area contributed by atoms with Crippen LogP contribution >= 0.6 is 11.6 Å².